The Morgan fingerprint density at radius 3 is 1.55 bits per heavy atom. The van der Waals surface area contributed by atoms with Crippen LogP contribution in [-0.2, 0) is 21.1 Å². The van der Waals surface area contributed by atoms with E-state index in [4.69, 9.17) is 44.9 Å². The minimum Gasteiger partial charge on any atom is -0.358 e. The first kappa shape index (κ1) is 30.0. The minimum atomic E-state index is 0. The van der Waals surface area contributed by atoms with Crippen LogP contribution in [0, 0.1) is 0 Å². The first-order chi connectivity index (χ1) is 23.7. The van der Waals surface area contributed by atoms with Crippen molar-refractivity contribution in [2.24, 2.45) is 0 Å². The molecule has 9 aromatic rings. The molecule has 0 N–H and O–H groups in total. The second-order valence-electron chi connectivity index (χ2n) is 10.9. The van der Waals surface area contributed by atoms with Crippen LogP contribution in [0.1, 0.15) is 0 Å². The Hall–Kier alpha value is -6.32. The molecule has 0 atom stereocenters. The van der Waals surface area contributed by atoms with E-state index in [2.05, 4.69) is 0 Å². The molecule has 4 aromatic carbocycles. The molecule has 0 aliphatic carbocycles. The fourth-order valence-electron chi connectivity index (χ4n) is 5.56. The predicted molar refractivity (Wildman–Crippen MR) is 184 cm³/mol. The molecule has 0 amide bonds. The topological polar surface area (TPSA) is 128 Å². The van der Waals surface area contributed by atoms with Crippen LogP contribution in [0.3, 0.4) is 0 Å². The summed E-state index contributed by atoms with van der Waals surface area (Å²) < 4.78 is 3.74. The second-order valence-corrected chi connectivity index (χ2v) is 10.9. The average molecular weight is 817 g/mol. The Balaban J connectivity index is 0.00000348. The van der Waals surface area contributed by atoms with E-state index >= 15 is 0 Å². The summed E-state index contributed by atoms with van der Waals surface area (Å²) in [4.78, 5) is 43.6. The van der Waals surface area contributed by atoms with Crippen LogP contribution in [0.4, 0.5) is 0 Å². The third-order valence-corrected chi connectivity index (χ3v) is 7.77. The Kier molecular flexibility index (Phi) is 7.79. The van der Waals surface area contributed by atoms with Crippen LogP contribution in [0.15, 0.2) is 140 Å². The van der Waals surface area contributed by atoms with E-state index in [-0.39, 0.29) is 26.8 Å². The molecule has 49 heavy (non-hydrogen) atoms. The number of nitrogens with zero attached hydrogens (tertiary/aromatic N) is 11. The number of aromatic nitrogens is 11. The van der Waals surface area contributed by atoms with E-state index in [1.54, 1.807) is 0 Å². The Labute approximate surface area is 293 Å². The van der Waals surface area contributed by atoms with E-state index in [1.165, 1.54) is 0 Å². The summed E-state index contributed by atoms with van der Waals surface area (Å²) in [7, 11) is 0. The van der Waals surface area contributed by atoms with E-state index in [9.17, 15) is 0 Å². The summed E-state index contributed by atoms with van der Waals surface area (Å²) in [6, 6.07) is 41.3. The zero-order valence-corrected chi connectivity index (χ0v) is 27.8. The monoisotopic (exact) mass is 816 g/mol. The Morgan fingerprint density at radius 1 is 0.449 bits per heavy atom. The fraction of sp³-hybridized carbons (Fsp3) is 0. The maximum absolute atomic E-state index is 4.99. The standard InChI is InChI=1S/C37H23N11.Pt/c1-5-13-24(14-6-1)28-21-29-38-30-22-47(26-17-9-3-10-18-26)37(41-30)46-34-32(25-15-7-2-8-16-25)43-35(44-34)40-31-23-48(27-19-11-4-12-20-27)36(42-31)45-33(28)39-29;/h1-23H;/q-2;+2. The van der Waals surface area contributed by atoms with Gasteiger partial charge in [0.25, 0.3) is 0 Å². The molecule has 8 bridgehead atoms. The van der Waals surface area contributed by atoms with Gasteiger partial charge in [-0.15, -0.1) is 0 Å². The number of benzene rings is 4. The summed E-state index contributed by atoms with van der Waals surface area (Å²) >= 11 is 0. The van der Waals surface area contributed by atoms with Crippen LogP contribution in [0.2, 0.25) is 0 Å². The summed E-state index contributed by atoms with van der Waals surface area (Å²) in [5, 5.41) is 0. The van der Waals surface area contributed by atoms with Gasteiger partial charge in [0.05, 0.1) is 11.4 Å². The van der Waals surface area contributed by atoms with Gasteiger partial charge in [0.15, 0.2) is 11.6 Å². The molecule has 9 rings (SSSR count). The average Bonchev–Trinajstić information content (AvgIpc) is 3.92. The largest absolute Gasteiger partial charge is 2.00 e. The van der Waals surface area contributed by atoms with Gasteiger partial charge >= 0.3 is 21.1 Å². The van der Waals surface area contributed by atoms with Gasteiger partial charge in [-0.3, -0.25) is 14.1 Å². The molecule has 0 radical (unpaired) electrons. The summed E-state index contributed by atoms with van der Waals surface area (Å²) in [6.07, 6.45) is 3.64. The molecule has 0 saturated carbocycles. The van der Waals surface area contributed by atoms with E-state index in [0.29, 0.717) is 45.5 Å². The quantitative estimate of drug-likeness (QED) is 0.194. The van der Waals surface area contributed by atoms with Crippen molar-refractivity contribution in [1.29, 1.82) is 0 Å². The normalized spacial score (nSPS) is 11.1. The van der Waals surface area contributed by atoms with Crippen molar-refractivity contribution in [2.75, 3.05) is 0 Å². The van der Waals surface area contributed by atoms with Crippen molar-refractivity contribution < 1.29 is 21.1 Å². The van der Waals surface area contributed by atoms with Crippen molar-refractivity contribution in [1.82, 2.24) is 54.0 Å². The van der Waals surface area contributed by atoms with Crippen LogP contribution in [0.25, 0.3) is 79.3 Å². The van der Waals surface area contributed by atoms with Crippen molar-refractivity contribution in [3.05, 3.63) is 140 Å². The Bertz CT molecular complexity index is 2300. The molecule has 12 heteroatoms. The molecule has 0 aliphatic heterocycles. The van der Waals surface area contributed by atoms with Crippen molar-refractivity contribution in [2.45, 2.75) is 0 Å². The van der Waals surface area contributed by atoms with Gasteiger partial charge < -0.3 is 29.9 Å². The molecule has 0 fully saturated rings. The molecule has 0 spiro atoms. The summed E-state index contributed by atoms with van der Waals surface area (Å²) in [5.74, 6) is 0.987. The molecule has 5 heterocycles. The molecule has 0 saturated heterocycles. The van der Waals surface area contributed by atoms with Crippen LogP contribution >= 0.6 is 0 Å². The molecule has 236 valence electrons. The minimum absolute atomic E-state index is 0. The SMILES string of the molecule is [Pt+2].c1ccc(-c2cc3nc4cn(-c5ccccc5)c(n4)nc4[n-]c(nc4-c4ccccc4)nc4cn(-c5ccccc5)c(n4)nc2[n-]3)cc1. The van der Waals surface area contributed by atoms with Crippen molar-refractivity contribution in [3.8, 4) is 33.8 Å². The molecule has 0 unspecified atom stereocenters. The first-order valence-corrected chi connectivity index (χ1v) is 15.2. The van der Waals surface area contributed by atoms with Gasteiger partial charge in [-0.2, -0.15) is 0 Å². The molecule has 0 aliphatic rings. The van der Waals surface area contributed by atoms with Crippen LogP contribution in [-0.4, -0.2) is 44.0 Å². The Morgan fingerprint density at radius 2 is 0.959 bits per heavy atom. The maximum Gasteiger partial charge on any atom is 2.00 e. The number of para-hydroxylation sites is 2. The van der Waals surface area contributed by atoms with Crippen LogP contribution in [0.5, 0.6) is 0 Å². The van der Waals surface area contributed by atoms with Crippen LogP contribution < -0.4 is 9.97 Å². The number of hydrogen-bond acceptors (Lipinski definition) is 7. The second kappa shape index (κ2) is 12.7. The number of hydrogen-bond donors (Lipinski definition) is 0. The van der Waals surface area contributed by atoms with Gasteiger partial charge in [0.1, 0.15) is 11.3 Å². The zero-order valence-electron chi connectivity index (χ0n) is 25.5. The summed E-state index contributed by atoms with van der Waals surface area (Å²) in [6.45, 7) is 0. The zero-order chi connectivity index (χ0) is 31.9. The van der Waals surface area contributed by atoms with Crippen molar-refractivity contribution in [3.63, 3.8) is 0 Å². The predicted octanol–water partition coefficient (Wildman–Crippen LogP) is 6.58. The van der Waals surface area contributed by atoms with Gasteiger partial charge in [-0.1, -0.05) is 97.1 Å². The maximum atomic E-state index is 4.99. The van der Waals surface area contributed by atoms with Gasteiger partial charge in [-0.25, -0.2) is 9.97 Å². The number of rotatable bonds is 4. The van der Waals surface area contributed by atoms with Gasteiger partial charge in [-0.05, 0) is 47.0 Å². The molecular weight excluding hydrogens is 794 g/mol. The van der Waals surface area contributed by atoms with E-state index in [0.717, 1.165) is 28.1 Å². The van der Waals surface area contributed by atoms with E-state index in [1.807, 2.05) is 149 Å². The number of imidazole rings is 3. The van der Waals surface area contributed by atoms with Gasteiger partial charge in [0.2, 0.25) is 0 Å². The smallest absolute Gasteiger partial charge is 0.358 e. The van der Waals surface area contributed by atoms with Crippen molar-refractivity contribution >= 4 is 45.6 Å². The molecular formula is C37H23N11Pt. The number of fused-ring (bicyclic) bond motifs is 8. The third-order valence-electron chi connectivity index (χ3n) is 7.77. The third kappa shape index (κ3) is 5.88. The summed E-state index contributed by atoms with van der Waals surface area (Å²) in [5.41, 5.74) is 6.99. The van der Waals surface area contributed by atoms with E-state index < -0.39 is 0 Å². The van der Waals surface area contributed by atoms with Gasteiger partial charge in [0, 0.05) is 40.8 Å². The fourth-order valence-corrected chi connectivity index (χ4v) is 5.56. The molecule has 11 nitrogen and oxygen atoms in total. The molecule has 5 aromatic heterocycles. The first-order valence-electron chi connectivity index (χ1n) is 15.2.